The maximum absolute atomic E-state index is 9.11. The summed E-state index contributed by atoms with van der Waals surface area (Å²) in [6, 6.07) is 4.96. The van der Waals surface area contributed by atoms with Crippen LogP contribution in [0.25, 0.3) is 10.4 Å². The Bertz CT molecular complexity index is 400. The summed E-state index contributed by atoms with van der Waals surface area (Å²) in [5, 5.41) is 12.7. The lowest BCUT2D eigenvalue weighted by molar-refractivity contribution is 0.267. The number of hydrogen-bond donors (Lipinski definition) is 1. The molecule has 1 unspecified atom stereocenters. The van der Waals surface area contributed by atoms with Crippen LogP contribution in [0, 0.1) is 6.92 Å². The highest BCUT2D eigenvalue weighted by Crippen LogP contribution is 2.25. The van der Waals surface area contributed by atoms with E-state index in [1.807, 2.05) is 26.0 Å². The van der Waals surface area contributed by atoms with Gasteiger partial charge in [-0.2, -0.15) is 0 Å². The summed E-state index contributed by atoms with van der Waals surface area (Å²) in [5.74, 6) is 0.779. The molecule has 0 saturated carbocycles. The molecule has 0 aliphatic carbocycles. The van der Waals surface area contributed by atoms with E-state index in [1.54, 1.807) is 6.07 Å². The van der Waals surface area contributed by atoms with Gasteiger partial charge in [0.05, 0.1) is 19.3 Å². The Morgan fingerprint density at radius 1 is 1.56 bits per heavy atom. The zero-order valence-electron chi connectivity index (χ0n) is 9.42. The molecule has 0 bridgehead atoms. The van der Waals surface area contributed by atoms with Crippen LogP contribution in [0.1, 0.15) is 24.1 Å². The highest BCUT2D eigenvalue weighted by atomic mass is 16.5. The van der Waals surface area contributed by atoms with Crippen LogP contribution in [0.15, 0.2) is 23.3 Å². The third-order valence-corrected chi connectivity index (χ3v) is 2.28. The van der Waals surface area contributed by atoms with E-state index in [9.17, 15) is 0 Å². The summed E-state index contributed by atoms with van der Waals surface area (Å²) in [6.45, 7) is 4.23. The first-order chi connectivity index (χ1) is 7.72. The molecule has 16 heavy (non-hydrogen) atoms. The summed E-state index contributed by atoms with van der Waals surface area (Å²) in [6.07, 6.45) is 0. The molecule has 0 amide bonds. The van der Waals surface area contributed by atoms with Gasteiger partial charge in [-0.1, -0.05) is 11.2 Å². The van der Waals surface area contributed by atoms with E-state index in [0.29, 0.717) is 6.61 Å². The van der Waals surface area contributed by atoms with E-state index in [2.05, 4.69) is 10.0 Å². The minimum absolute atomic E-state index is 0.196. The second-order valence-corrected chi connectivity index (χ2v) is 3.35. The van der Waals surface area contributed by atoms with Gasteiger partial charge in [-0.25, -0.2) is 0 Å². The Hall–Kier alpha value is -1.71. The van der Waals surface area contributed by atoms with Crippen LogP contribution in [-0.4, -0.2) is 18.3 Å². The number of aryl methyl sites for hydroxylation is 1. The van der Waals surface area contributed by atoms with Crippen molar-refractivity contribution in [2.45, 2.75) is 19.9 Å². The molecule has 0 heterocycles. The summed E-state index contributed by atoms with van der Waals surface area (Å²) in [5.41, 5.74) is 10.1. The van der Waals surface area contributed by atoms with Gasteiger partial charge in [0.2, 0.25) is 0 Å². The summed E-state index contributed by atoms with van der Waals surface area (Å²) < 4.78 is 5.35. The van der Waals surface area contributed by atoms with Crippen molar-refractivity contribution in [3.05, 3.63) is 39.8 Å². The van der Waals surface area contributed by atoms with Crippen LogP contribution in [-0.2, 0) is 0 Å². The maximum atomic E-state index is 9.11. The number of aliphatic hydroxyl groups excluding tert-OH is 1. The molecule has 5 nitrogen and oxygen atoms in total. The largest absolute Gasteiger partial charge is 0.494 e. The predicted octanol–water partition coefficient (Wildman–Crippen LogP) is 2.74. The quantitative estimate of drug-likeness (QED) is 0.471. The van der Waals surface area contributed by atoms with Gasteiger partial charge in [-0.15, -0.1) is 0 Å². The molecule has 0 aliphatic rings. The Kier molecular flexibility index (Phi) is 4.64. The lowest BCUT2D eigenvalue weighted by atomic mass is 10.0. The SMILES string of the molecule is CCOc1ccc(C(CO)N=[N+]=[N-])c(C)c1. The van der Waals surface area contributed by atoms with Gasteiger partial charge in [0, 0.05) is 4.91 Å². The molecule has 5 heteroatoms. The lowest BCUT2D eigenvalue weighted by Gasteiger charge is -2.13. The molecule has 0 aromatic heterocycles. The smallest absolute Gasteiger partial charge is 0.119 e. The van der Waals surface area contributed by atoms with Crippen LogP contribution in [0.3, 0.4) is 0 Å². The zero-order chi connectivity index (χ0) is 12.0. The fourth-order valence-corrected chi connectivity index (χ4v) is 1.54. The van der Waals surface area contributed by atoms with Crippen LogP contribution in [0.5, 0.6) is 5.75 Å². The van der Waals surface area contributed by atoms with E-state index >= 15 is 0 Å². The molecule has 0 fully saturated rings. The van der Waals surface area contributed by atoms with E-state index in [-0.39, 0.29) is 6.61 Å². The number of aliphatic hydroxyl groups is 1. The van der Waals surface area contributed by atoms with Gasteiger partial charge in [0.25, 0.3) is 0 Å². The number of azide groups is 1. The van der Waals surface area contributed by atoms with Crippen molar-refractivity contribution in [1.29, 1.82) is 0 Å². The third-order valence-electron chi connectivity index (χ3n) is 2.28. The number of ether oxygens (including phenoxy) is 1. The zero-order valence-corrected chi connectivity index (χ0v) is 9.42. The number of rotatable bonds is 5. The lowest BCUT2D eigenvalue weighted by Crippen LogP contribution is -2.03. The van der Waals surface area contributed by atoms with Gasteiger partial charge < -0.3 is 9.84 Å². The molecule has 1 aromatic rings. The molecule has 0 spiro atoms. The summed E-state index contributed by atoms with van der Waals surface area (Å²) >= 11 is 0. The van der Waals surface area contributed by atoms with Gasteiger partial charge in [-0.05, 0) is 42.6 Å². The molecule has 1 rings (SSSR count). The number of benzene rings is 1. The number of hydrogen-bond acceptors (Lipinski definition) is 3. The van der Waals surface area contributed by atoms with E-state index in [0.717, 1.165) is 16.9 Å². The van der Waals surface area contributed by atoms with Crippen molar-refractivity contribution < 1.29 is 9.84 Å². The Morgan fingerprint density at radius 2 is 2.31 bits per heavy atom. The minimum atomic E-state index is -0.527. The molecule has 1 N–H and O–H groups in total. The van der Waals surface area contributed by atoms with Gasteiger partial charge in [0.1, 0.15) is 5.75 Å². The van der Waals surface area contributed by atoms with Crippen molar-refractivity contribution in [3.8, 4) is 5.75 Å². The number of nitrogens with zero attached hydrogens (tertiary/aromatic N) is 3. The molecular formula is C11H15N3O2. The Labute approximate surface area is 94.3 Å². The summed E-state index contributed by atoms with van der Waals surface area (Å²) in [7, 11) is 0. The van der Waals surface area contributed by atoms with Crippen molar-refractivity contribution in [2.24, 2.45) is 5.11 Å². The normalized spacial score (nSPS) is 11.7. The molecule has 86 valence electrons. The minimum Gasteiger partial charge on any atom is -0.494 e. The Balaban J connectivity index is 3.01. The average molecular weight is 221 g/mol. The topological polar surface area (TPSA) is 78.2 Å². The fraction of sp³-hybridized carbons (Fsp3) is 0.455. The second-order valence-electron chi connectivity index (χ2n) is 3.35. The van der Waals surface area contributed by atoms with Crippen molar-refractivity contribution in [3.63, 3.8) is 0 Å². The monoisotopic (exact) mass is 221 g/mol. The first-order valence-electron chi connectivity index (χ1n) is 5.11. The Morgan fingerprint density at radius 3 is 2.81 bits per heavy atom. The highest BCUT2D eigenvalue weighted by Gasteiger charge is 2.11. The van der Waals surface area contributed by atoms with Crippen molar-refractivity contribution >= 4 is 0 Å². The first kappa shape index (κ1) is 12.4. The van der Waals surface area contributed by atoms with Crippen LogP contribution in [0.2, 0.25) is 0 Å². The summed E-state index contributed by atoms with van der Waals surface area (Å²) in [4.78, 5) is 2.72. The molecule has 0 radical (unpaired) electrons. The molecular weight excluding hydrogens is 206 g/mol. The standard InChI is InChI=1S/C11H15N3O2/c1-3-16-9-4-5-10(8(2)6-9)11(7-15)13-14-12/h4-6,11,15H,3,7H2,1-2H3. The van der Waals surface area contributed by atoms with E-state index < -0.39 is 6.04 Å². The maximum Gasteiger partial charge on any atom is 0.119 e. The highest BCUT2D eigenvalue weighted by molar-refractivity contribution is 5.36. The second kappa shape index (κ2) is 6.00. The van der Waals surface area contributed by atoms with Crippen LogP contribution in [0.4, 0.5) is 0 Å². The van der Waals surface area contributed by atoms with E-state index in [4.69, 9.17) is 15.4 Å². The van der Waals surface area contributed by atoms with Crippen molar-refractivity contribution in [1.82, 2.24) is 0 Å². The molecule has 0 saturated heterocycles. The van der Waals surface area contributed by atoms with Crippen molar-refractivity contribution in [2.75, 3.05) is 13.2 Å². The fourth-order valence-electron chi connectivity index (χ4n) is 1.54. The molecule has 1 atom stereocenters. The van der Waals surface area contributed by atoms with Gasteiger partial charge in [0.15, 0.2) is 0 Å². The van der Waals surface area contributed by atoms with Crippen LogP contribution >= 0.6 is 0 Å². The predicted molar refractivity (Wildman–Crippen MR) is 61.3 cm³/mol. The first-order valence-corrected chi connectivity index (χ1v) is 5.11. The molecule has 1 aromatic carbocycles. The van der Waals surface area contributed by atoms with Gasteiger partial charge >= 0.3 is 0 Å². The van der Waals surface area contributed by atoms with Gasteiger partial charge in [-0.3, -0.25) is 0 Å². The average Bonchev–Trinajstić information content (AvgIpc) is 2.27. The third kappa shape index (κ3) is 2.89. The van der Waals surface area contributed by atoms with Crippen LogP contribution < -0.4 is 4.74 Å². The van der Waals surface area contributed by atoms with E-state index in [1.165, 1.54) is 0 Å². The molecule has 0 aliphatic heterocycles.